The van der Waals surface area contributed by atoms with Crippen molar-refractivity contribution in [2.24, 2.45) is 0 Å². The summed E-state index contributed by atoms with van der Waals surface area (Å²) >= 11 is 0. The molecule has 2 aromatic carbocycles. The summed E-state index contributed by atoms with van der Waals surface area (Å²) in [5, 5.41) is 0. The van der Waals surface area contributed by atoms with E-state index in [0.29, 0.717) is 11.1 Å². The smallest absolute Gasteiger partial charge is 0.0569 e. The Morgan fingerprint density at radius 1 is 0.571 bits per heavy atom. The maximum atomic E-state index is 2.53. The second kappa shape index (κ2) is 7.00. The number of rotatable bonds is 5. The molecule has 2 heteroatoms. The summed E-state index contributed by atoms with van der Waals surface area (Å²) in [6.07, 6.45) is 7.46. The molecule has 0 N–H and O–H groups in total. The largest absolute Gasteiger partial charge is 0.0688 e. The highest BCUT2D eigenvalue weighted by molar-refractivity contribution is 6.78. The maximum absolute atomic E-state index is 2.53. The molecule has 0 radical (unpaired) electrons. The minimum absolute atomic E-state index is 0.679. The third-order valence-corrected chi connectivity index (χ3v) is 11.3. The van der Waals surface area contributed by atoms with Crippen LogP contribution < -0.4 is 0 Å². The zero-order chi connectivity index (χ0) is 20.1. The molecule has 0 amide bonds. The van der Waals surface area contributed by atoms with Crippen molar-refractivity contribution in [2.75, 3.05) is 0 Å². The topological polar surface area (TPSA) is 0 Å². The van der Waals surface area contributed by atoms with Gasteiger partial charge in [-0.05, 0) is 35.1 Å². The van der Waals surface area contributed by atoms with Crippen LogP contribution in [0.15, 0.2) is 59.7 Å². The Kier molecular flexibility index (Phi) is 4.91. The first-order valence-corrected chi connectivity index (χ1v) is 17.9. The van der Waals surface area contributed by atoms with Crippen molar-refractivity contribution in [3.05, 3.63) is 81.9 Å². The van der Waals surface area contributed by atoms with Crippen LogP contribution in [0, 0.1) is 0 Å². The quantitative estimate of drug-likeness (QED) is 0.446. The summed E-state index contributed by atoms with van der Waals surface area (Å²) in [7, 11) is -2.62. The lowest BCUT2D eigenvalue weighted by Gasteiger charge is -2.31. The fourth-order valence-corrected chi connectivity index (χ4v) is 10.6. The van der Waals surface area contributed by atoms with Crippen LogP contribution in [0.4, 0.5) is 0 Å². The fraction of sp³-hybridized carbons (Fsp3) is 0.385. The van der Waals surface area contributed by atoms with Gasteiger partial charge in [0.15, 0.2) is 0 Å². The molecule has 0 fully saturated rings. The Labute approximate surface area is 173 Å². The molecule has 0 spiro atoms. The van der Waals surface area contributed by atoms with E-state index in [-0.39, 0.29) is 0 Å². The van der Waals surface area contributed by atoms with E-state index in [1.54, 1.807) is 22.3 Å². The average Bonchev–Trinajstić information content (AvgIpc) is 3.16. The van der Waals surface area contributed by atoms with Crippen LogP contribution in [-0.2, 0) is 0 Å². The van der Waals surface area contributed by atoms with Crippen molar-refractivity contribution in [3.63, 3.8) is 0 Å². The fourth-order valence-electron chi connectivity index (χ4n) is 5.54. The van der Waals surface area contributed by atoms with Crippen molar-refractivity contribution >= 4 is 28.3 Å². The molecular weight excluding hydrogens is 368 g/mol. The molecule has 2 atom stereocenters. The molecular formula is C26H34Si2. The molecule has 0 saturated heterocycles. The Bertz CT molecular complexity index is 871. The third kappa shape index (κ3) is 3.53. The molecule has 28 heavy (non-hydrogen) atoms. The first-order chi connectivity index (χ1) is 13.2. The summed E-state index contributed by atoms with van der Waals surface area (Å²) in [6, 6.07) is 18.2. The Balaban J connectivity index is 1.61. The van der Waals surface area contributed by atoms with Crippen LogP contribution in [0.2, 0.25) is 39.3 Å². The molecule has 2 aliphatic carbocycles. The van der Waals surface area contributed by atoms with Crippen molar-refractivity contribution in [1.82, 2.24) is 0 Å². The first-order valence-electron chi connectivity index (χ1n) is 10.7. The van der Waals surface area contributed by atoms with Gasteiger partial charge >= 0.3 is 0 Å². The number of hydrogen-bond acceptors (Lipinski definition) is 0. The van der Waals surface area contributed by atoms with Crippen LogP contribution in [-0.4, -0.2) is 16.1 Å². The SMILES string of the molecule is C[Si](C)(C)C1C(CCC2=Cc3ccccc3C2[Si](C)(C)C)=Cc2ccccc21. The first kappa shape index (κ1) is 19.7. The van der Waals surface area contributed by atoms with Crippen molar-refractivity contribution in [1.29, 1.82) is 0 Å². The number of fused-ring (bicyclic) bond motifs is 2. The van der Waals surface area contributed by atoms with Crippen LogP contribution in [0.3, 0.4) is 0 Å². The Hall–Kier alpha value is -1.65. The third-order valence-electron chi connectivity index (χ3n) is 6.47. The predicted molar refractivity (Wildman–Crippen MR) is 130 cm³/mol. The second-order valence-electron chi connectivity index (χ2n) is 10.8. The summed E-state index contributed by atoms with van der Waals surface area (Å²) in [6.45, 7) is 15.2. The van der Waals surface area contributed by atoms with Gasteiger partial charge in [0, 0.05) is 11.1 Å². The molecule has 0 saturated carbocycles. The minimum atomic E-state index is -1.31. The van der Waals surface area contributed by atoms with E-state index in [9.17, 15) is 0 Å². The van der Waals surface area contributed by atoms with E-state index in [0.717, 1.165) is 0 Å². The monoisotopic (exact) mass is 402 g/mol. The molecule has 0 heterocycles. The molecule has 2 aromatic rings. The predicted octanol–water partition coefficient (Wildman–Crippen LogP) is 7.88. The summed E-state index contributed by atoms with van der Waals surface area (Å²) in [5.74, 6) is 0. The van der Waals surface area contributed by atoms with E-state index in [2.05, 4.69) is 100.0 Å². The Morgan fingerprint density at radius 2 is 0.929 bits per heavy atom. The van der Waals surface area contributed by atoms with Crippen LogP contribution in [0.5, 0.6) is 0 Å². The second-order valence-corrected chi connectivity index (χ2v) is 21.4. The van der Waals surface area contributed by atoms with Crippen LogP contribution in [0.1, 0.15) is 46.2 Å². The van der Waals surface area contributed by atoms with Crippen molar-refractivity contribution < 1.29 is 0 Å². The minimum Gasteiger partial charge on any atom is -0.0688 e. The van der Waals surface area contributed by atoms with Gasteiger partial charge in [0.2, 0.25) is 0 Å². The molecule has 0 nitrogen and oxygen atoms in total. The number of hydrogen-bond donors (Lipinski definition) is 0. The zero-order valence-electron chi connectivity index (χ0n) is 18.3. The van der Waals surface area contributed by atoms with E-state index < -0.39 is 16.1 Å². The molecule has 0 aliphatic heterocycles. The molecule has 2 aliphatic rings. The van der Waals surface area contributed by atoms with E-state index in [1.807, 2.05) is 0 Å². The van der Waals surface area contributed by atoms with E-state index in [4.69, 9.17) is 0 Å². The standard InChI is InChI=1S/C26H34Si2/c1-27(2,3)25-21(17-19-11-7-9-13-23(19)25)15-16-22-18-20-12-8-10-14-24(20)26(22)28(4,5)6/h7-14,17-18,25-26H,15-16H2,1-6H3. The van der Waals surface area contributed by atoms with Crippen LogP contribution in [0.25, 0.3) is 12.2 Å². The van der Waals surface area contributed by atoms with Gasteiger partial charge < -0.3 is 0 Å². The average molecular weight is 403 g/mol. The van der Waals surface area contributed by atoms with Gasteiger partial charge in [-0.1, -0.05) is 111 Å². The molecule has 0 aromatic heterocycles. The highest BCUT2D eigenvalue weighted by Gasteiger charge is 2.38. The maximum Gasteiger partial charge on any atom is 0.0569 e. The lowest BCUT2D eigenvalue weighted by atomic mass is 10.0. The van der Waals surface area contributed by atoms with Crippen molar-refractivity contribution in [3.8, 4) is 0 Å². The lowest BCUT2D eigenvalue weighted by Crippen LogP contribution is -2.32. The molecule has 146 valence electrons. The molecule has 2 unspecified atom stereocenters. The number of benzene rings is 2. The lowest BCUT2D eigenvalue weighted by molar-refractivity contribution is 0.846. The molecule has 0 bridgehead atoms. The highest BCUT2D eigenvalue weighted by atomic mass is 28.3. The van der Waals surface area contributed by atoms with Gasteiger partial charge in [0.05, 0.1) is 16.1 Å². The van der Waals surface area contributed by atoms with Crippen molar-refractivity contribution in [2.45, 2.75) is 63.2 Å². The number of allylic oxidation sites excluding steroid dienone is 2. The summed E-state index contributed by atoms with van der Waals surface area (Å²) in [5.41, 5.74) is 10.8. The Morgan fingerprint density at radius 3 is 1.29 bits per heavy atom. The van der Waals surface area contributed by atoms with E-state index >= 15 is 0 Å². The summed E-state index contributed by atoms with van der Waals surface area (Å²) in [4.78, 5) is 0. The summed E-state index contributed by atoms with van der Waals surface area (Å²) < 4.78 is 0. The van der Waals surface area contributed by atoms with Gasteiger partial charge in [-0.15, -0.1) is 0 Å². The zero-order valence-corrected chi connectivity index (χ0v) is 20.3. The van der Waals surface area contributed by atoms with Gasteiger partial charge in [-0.2, -0.15) is 0 Å². The van der Waals surface area contributed by atoms with Gasteiger partial charge in [-0.25, -0.2) is 0 Å². The van der Waals surface area contributed by atoms with Crippen LogP contribution >= 0.6 is 0 Å². The normalized spacial score (nSPS) is 21.2. The molecule has 4 rings (SSSR count). The van der Waals surface area contributed by atoms with E-state index in [1.165, 1.54) is 24.0 Å². The van der Waals surface area contributed by atoms with Gasteiger partial charge in [0.1, 0.15) is 0 Å². The van der Waals surface area contributed by atoms with Gasteiger partial charge in [0.25, 0.3) is 0 Å². The highest BCUT2D eigenvalue weighted by Crippen LogP contribution is 2.48. The van der Waals surface area contributed by atoms with Gasteiger partial charge in [-0.3, -0.25) is 0 Å².